The smallest absolute Gasteiger partial charge is 0.193 e. The number of guanidine groups is 1. The minimum absolute atomic E-state index is 0. The van der Waals surface area contributed by atoms with E-state index in [4.69, 9.17) is 0 Å². The molecular weight excluding hydrogens is 401 g/mol. The van der Waals surface area contributed by atoms with Gasteiger partial charge in [0.25, 0.3) is 0 Å². The molecule has 2 aliphatic heterocycles. The zero-order valence-electron chi connectivity index (χ0n) is 14.9. The molecule has 2 heterocycles. The SMILES string of the molecule is CN=C(NCCN1CCCN(C)CC1)N1CCC2(CCC2)C1.I. The quantitative estimate of drug-likeness (QED) is 0.416. The Labute approximate surface area is 158 Å². The minimum Gasteiger partial charge on any atom is -0.355 e. The molecule has 1 spiro atoms. The average molecular weight is 435 g/mol. The van der Waals surface area contributed by atoms with Gasteiger partial charge in [-0.3, -0.25) is 4.99 Å². The molecule has 0 amide bonds. The number of aliphatic imine (C=N–C) groups is 1. The maximum Gasteiger partial charge on any atom is 0.193 e. The summed E-state index contributed by atoms with van der Waals surface area (Å²) in [5.74, 6) is 1.12. The lowest BCUT2D eigenvalue weighted by atomic mass is 9.68. The fourth-order valence-corrected chi connectivity index (χ4v) is 4.18. The number of likely N-dealkylation sites (N-methyl/N-ethyl adjacent to an activating group) is 1. The van der Waals surface area contributed by atoms with Gasteiger partial charge in [-0.15, -0.1) is 24.0 Å². The normalized spacial score (nSPS) is 25.8. The first-order valence-corrected chi connectivity index (χ1v) is 9.07. The number of nitrogens with zero attached hydrogens (tertiary/aromatic N) is 4. The molecule has 0 radical (unpaired) electrons. The second kappa shape index (κ2) is 8.85. The van der Waals surface area contributed by atoms with Crippen LogP contribution in [0.4, 0.5) is 0 Å². The molecule has 6 heteroatoms. The summed E-state index contributed by atoms with van der Waals surface area (Å²) in [6.07, 6.45) is 6.96. The largest absolute Gasteiger partial charge is 0.355 e. The van der Waals surface area contributed by atoms with Gasteiger partial charge >= 0.3 is 0 Å². The molecule has 0 aromatic carbocycles. The Hall–Kier alpha value is -0.0800. The third-order valence-corrected chi connectivity index (χ3v) is 5.89. The summed E-state index contributed by atoms with van der Waals surface area (Å²) >= 11 is 0. The van der Waals surface area contributed by atoms with Crippen LogP contribution < -0.4 is 5.32 Å². The fourth-order valence-electron chi connectivity index (χ4n) is 4.18. The van der Waals surface area contributed by atoms with Crippen molar-refractivity contribution < 1.29 is 0 Å². The highest BCUT2D eigenvalue weighted by Gasteiger charge is 2.43. The molecule has 0 unspecified atom stereocenters. The Balaban J connectivity index is 0.00000192. The lowest BCUT2D eigenvalue weighted by Crippen LogP contribution is -2.45. The molecule has 3 aliphatic rings. The van der Waals surface area contributed by atoms with Gasteiger partial charge in [-0.2, -0.15) is 0 Å². The van der Waals surface area contributed by atoms with E-state index in [2.05, 4.69) is 32.1 Å². The summed E-state index contributed by atoms with van der Waals surface area (Å²) in [6.45, 7) is 9.42. The van der Waals surface area contributed by atoms with Crippen molar-refractivity contribution in [3.05, 3.63) is 0 Å². The number of hydrogen-bond donors (Lipinski definition) is 1. The first-order valence-electron chi connectivity index (χ1n) is 9.07. The summed E-state index contributed by atoms with van der Waals surface area (Å²) in [7, 11) is 4.16. The van der Waals surface area contributed by atoms with Crippen LogP contribution >= 0.6 is 24.0 Å². The number of likely N-dealkylation sites (tertiary alicyclic amines) is 1. The van der Waals surface area contributed by atoms with E-state index in [0.29, 0.717) is 5.41 Å². The minimum atomic E-state index is 0. The summed E-state index contributed by atoms with van der Waals surface area (Å²) in [5, 5.41) is 3.60. The van der Waals surface area contributed by atoms with Crippen molar-refractivity contribution in [3.63, 3.8) is 0 Å². The molecule has 1 aliphatic carbocycles. The summed E-state index contributed by atoms with van der Waals surface area (Å²) < 4.78 is 0. The Morgan fingerprint density at radius 1 is 1.04 bits per heavy atom. The summed E-state index contributed by atoms with van der Waals surface area (Å²) in [5.41, 5.74) is 0.646. The van der Waals surface area contributed by atoms with Crippen LogP contribution in [-0.2, 0) is 0 Å². The summed E-state index contributed by atoms with van der Waals surface area (Å²) in [4.78, 5) is 12.0. The summed E-state index contributed by atoms with van der Waals surface area (Å²) in [6, 6.07) is 0. The molecule has 23 heavy (non-hydrogen) atoms. The molecule has 0 atom stereocenters. The van der Waals surface area contributed by atoms with Crippen LogP contribution in [0.25, 0.3) is 0 Å². The predicted molar refractivity (Wildman–Crippen MR) is 108 cm³/mol. The van der Waals surface area contributed by atoms with Gasteiger partial charge in [-0.05, 0) is 51.2 Å². The van der Waals surface area contributed by atoms with E-state index < -0.39 is 0 Å². The zero-order chi connectivity index (χ0) is 15.4. The third kappa shape index (κ3) is 4.95. The highest BCUT2D eigenvalue weighted by Crippen LogP contribution is 2.47. The van der Waals surface area contributed by atoms with E-state index in [9.17, 15) is 0 Å². The molecule has 5 nitrogen and oxygen atoms in total. The highest BCUT2D eigenvalue weighted by molar-refractivity contribution is 14.0. The lowest BCUT2D eigenvalue weighted by molar-refractivity contribution is 0.151. The predicted octanol–water partition coefficient (Wildman–Crippen LogP) is 1.69. The zero-order valence-corrected chi connectivity index (χ0v) is 17.2. The monoisotopic (exact) mass is 435 g/mol. The third-order valence-electron chi connectivity index (χ3n) is 5.89. The molecule has 1 N–H and O–H groups in total. The highest BCUT2D eigenvalue weighted by atomic mass is 127. The number of nitrogens with one attached hydrogen (secondary N) is 1. The van der Waals surface area contributed by atoms with Gasteiger partial charge in [0.1, 0.15) is 0 Å². The molecule has 2 saturated heterocycles. The van der Waals surface area contributed by atoms with Crippen molar-refractivity contribution in [2.75, 3.05) is 66.5 Å². The number of hydrogen-bond acceptors (Lipinski definition) is 3. The molecule has 3 fully saturated rings. The first-order chi connectivity index (χ1) is 10.7. The van der Waals surface area contributed by atoms with Crippen molar-refractivity contribution in [3.8, 4) is 0 Å². The van der Waals surface area contributed by atoms with Crippen LogP contribution in [0.1, 0.15) is 32.1 Å². The van der Waals surface area contributed by atoms with E-state index in [-0.39, 0.29) is 24.0 Å². The van der Waals surface area contributed by atoms with Crippen LogP contribution in [-0.4, -0.2) is 87.1 Å². The lowest BCUT2D eigenvalue weighted by Gasteiger charge is -2.38. The number of halogens is 1. The topological polar surface area (TPSA) is 34.1 Å². The molecule has 0 aromatic heterocycles. The van der Waals surface area contributed by atoms with Crippen LogP contribution in [0.5, 0.6) is 0 Å². The van der Waals surface area contributed by atoms with Gasteiger partial charge in [0, 0.05) is 46.3 Å². The molecule has 0 aromatic rings. The van der Waals surface area contributed by atoms with Gasteiger partial charge in [-0.1, -0.05) is 6.42 Å². The maximum absolute atomic E-state index is 4.51. The van der Waals surface area contributed by atoms with Crippen molar-refractivity contribution >= 4 is 29.9 Å². The van der Waals surface area contributed by atoms with Crippen molar-refractivity contribution in [1.82, 2.24) is 20.0 Å². The second-order valence-electron chi connectivity index (χ2n) is 7.50. The maximum atomic E-state index is 4.51. The van der Waals surface area contributed by atoms with Crippen molar-refractivity contribution in [2.24, 2.45) is 10.4 Å². The Kier molecular flexibility index (Phi) is 7.41. The number of rotatable bonds is 3. The van der Waals surface area contributed by atoms with E-state index in [1.165, 1.54) is 71.4 Å². The standard InChI is InChI=1S/C17H33N5.HI/c1-18-16(22-11-7-17(15-22)5-3-6-17)19-8-12-21-10-4-9-20(2)13-14-21;/h3-15H2,1-2H3,(H,18,19);1H. The van der Waals surface area contributed by atoms with Crippen LogP contribution in [0.3, 0.4) is 0 Å². The van der Waals surface area contributed by atoms with Crippen LogP contribution in [0.15, 0.2) is 4.99 Å². The van der Waals surface area contributed by atoms with E-state index >= 15 is 0 Å². The van der Waals surface area contributed by atoms with Gasteiger partial charge in [0.15, 0.2) is 5.96 Å². The van der Waals surface area contributed by atoms with Gasteiger partial charge in [-0.25, -0.2) is 0 Å². The van der Waals surface area contributed by atoms with Gasteiger partial charge in [0.05, 0.1) is 0 Å². The van der Waals surface area contributed by atoms with E-state index in [1.54, 1.807) is 0 Å². The average Bonchev–Trinajstić information content (AvgIpc) is 2.84. The van der Waals surface area contributed by atoms with Crippen molar-refractivity contribution in [2.45, 2.75) is 32.1 Å². The first kappa shape index (κ1) is 19.2. The molecule has 0 bridgehead atoms. The second-order valence-corrected chi connectivity index (χ2v) is 7.50. The van der Waals surface area contributed by atoms with Gasteiger partial charge < -0.3 is 20.0 Å². The molecule has 1 saturated carbocycles. The Morgan fingerprint density at radius 3 is 2.52 bits per heavy atom. The molecule has 3 rings (SSSR count). The Bertz CT molecular complexity index is 396. The van der Waals surface area contributed by atoms with E-state index in [1.807, 2.05) is 7.05 Å². The fraction of sp³-hybridized carbons (Fsp3) is 0.941. The van der Waals surface area contributed by atoms with Crippen molar-refractivity contribution in [1.29, 1.82) is 0 Å². The Morgan fingerprint density at radius 2 is 1.87 bits per heavy atom. The van der Waals surface area contributed by atoms with Crippen LogP contribution in [0, 0.1) is 5.41 Å². The molecular formula is C17H34IN5. The van der Waals surface area contributed by atoms with E-state index in [0.717, 1.165) is 19.0 Å². The molecule has 134 valence electrons. The van der Waals surface area contributed by atoms with Crippen LogP contribution in [0.2, 0.25) is 0 Å². The van der Waals surface area contributed by atoms with Gasteiger partial charge in [0.2, 0.25) is 0 Å².